The molecule has 3 amide bonds. The maximum atomic E-state index is 12.0. The molecule has 0 aliphatic rings. The van der Waals surface area contributed by atoms with E-state index in [1.807, 2.05) is 45.9 Å². The van der Waals surface area contributed by atoms with E-state index in [1.165, 1.54) is 0 Å². The van der Waals surface area contributed by atoms with Crippen LogP contribution in [0.2, 0.25) is 0 Å². The fourth-order valence-corrected chi connectivity index (χ4v) is 2.62. The molecule has 0 spiro atoms. The van der Waals surface area contributed by atoms with Gasteiger partial charge in [0, 0.05) is 17.8 Å². The number of para-hydroxylation sites is 1. The van der Waals surface area contributed by atoms with E-state index in [1.54, 1.807) is 24.3 Å². The minimum atomic E-state index is -0.317. The van der Waals surface area contributed by atoms with Crippen LogP contribution in [0.5, 0.6) is 5.75 Å². The van der Waals surface area contributed by atoms with Gasteiger partial charge in [0.05, 0.1) is 6.54 Å². The Morgan fingerprint density at radius 2 is 1.61 bits per heavy atom. The molecule has 0 unspecified atom stereocenters. The van der Waals surface area contributed by atoms with Gasteiger partial charge in [0.2, 0.25) is 0 Å². The zero-order chi connectivity index (χ0) is 20.5. The monoisotopic (exact) mass is 383 g/mol. The first-order chi connectivity index (χ1) is 13.4. The van der Waals surface area contributed by atoms with Crippen LogP contribution in [-0.4, -0.2) is 31.6 Å². The van der Waals surface area contributed by atoms with Gasteiger partial charge in [-0.2, -0.15) is 0 Å². The van der Waals surface area contributed by atoms with Crippen molar-refractivity contribution < 1.29 is 14.3 Å². The highest BCUT2D eigenvalue weighted by Crippen LogP contribution is 2.21. The number of anilines is 1. The Morgan fingerprint density at radius 3 is 2.21 bits per heavy atom. The lowest BCUT2D eigenvalue weighted by Gasteiger charge is -2.13. The molecule has 0 bridgehead atoms. The molecule has 0 saturated heterocycles. The van der Waals surface area contributed by atoms with E-state index >= 15 is 0 Å². The summed E-state index contributed by atoms with van der Waals surface area (Å²) in [5.74, 6) is 1.14. The number of carbonyl (C=O) groups excluding carboxylic acids is 2. The van der Waals surface area contributed by atoms with Crippen molar-refractivity contribution in [3.63, 3.8) is 0 Å². The van der Waals surface area contributed by atoms with Crippen molar-refractivity contribution in [2.24, 2.45) is 5.92 Å². The highest BCUT2D eigenvalue weighted by atomic mass is 16.5. The molecule has 0 saturated carbocycles. The third kappa shape index (κ3) is 6.61. The first-order valence-corrected chi connectivity index (χ1v) is 9.49. The standard InChI is InChI=1S/C22H29N3O3/c1-15(2)14-24-21(26)18-8-10-19(11-9-18)25-22(27)23-12-13-28-20-16(3)6-5-7-17(20)4/h5-11,15H,12-14H2,1-4H3,(H,24,26)(H2,23,25,27). The summed E-state index contributed by atoms with van der Waals surface area (Å²) in [6.45, 7) is 9.47. The van der Waals surface area contributed by atoms with Gasteiger partial charge in [0.25, 0.3) is 5.91 Å². The van der Waals surface area contributed by atoms with Gasteiger partial charge in [-0.25, -0.2) is 4.79 Å². The number of amides is 3. The van der Waals surface area contributed by atoms with E-state index in [4.69, 9.17) is 4.74 Å². The van der Waals surface area contributed by atoms with E-state index < -0.39 is 0 Å². The highest BCUT2D eigenvalue weighted by Gasteiger charge is 2.07. The summed E-state index contributed by atoms with van der Waals surface area (Å²) in [5.41, 5.74) is 3.33. The number of hydrogen-bond donors (Lipinski definition) is 3. The van der Waals surface area contributed by atoms with Gasteiger partial charge < -0.3 is 20.7 Å². The lowest BCUT2D eigenvalue weighted by molar-refractivity contribution is 0.0949. The van der Waals surface area contributed by atoms with Gasteiger partial charge in [0.1, 0.15) is 12.4 Å². The van der Waals surface area contributed by atoms with Crippen LogP contribution in [0.3, 0.4) is 0 Å². The predicted octanol–water partition coefficient (Wildman–Crippen LogP) is 3.89. The smallest absolute Gasteiger partial charge is 0.319 e. The van der Waals surface area contributed by atoms with Crippen molar-refractivity contribution in [1.29, 1.82) is 0 Å². The molecule has 0 aromatic heterocycles. The molecule has 6 nitrogen and oxygen atoms in total. The van der Waals surface area contributed by atoms with Crippen molar-refractivity contribution in [2.75, 3.05) is 25.0 Å². The van der Waals surface area contributed by atoms with Crippen molar-refractivity contribution in [3.05, 3.63) is 59.2 Å². The molecule has 0 heterocycles. The minimum Gasteiger partial charge on any atom is -0.491 e. The number of rotatable bonds is 8. The first kappa shape index (κ1) is 21.3. The van der Waals surface area contributed by atoms with Crippen LogP contribution in [0.4, 0.5) is 10.5 Å². The summed E-state index contributed by atoms with van der Waals surface area (Å²) in [6, 6.07) is 12.5. The molecule has 0 aliphatic carbocycles. The third-order valence-electron chi connectivity index (χ3n) is 4.12. The lowest BCUT2D eigenvalue weighted by Crippen LogP contribution is -2.32. The average molecular weight is 383 g/mol. The van der Waals surface area contributed by atoms with Gasteiger partial charge in [-0.05, 0) is 55.2 Å². The number of ether oxygens (including phenoxy) is 1. The maximum Gasteiger partial charge on any atom is 0.319 e. The van der Waals surface area contributed by atoms with E-state index in [0.29, 0.717) is 36.9 Å². The zero-order valence-corrected chi connectivity index (χ0v) is 17.0. The van der Waals surface area contributed by atoms with Crippen LogP contribution in [-0.2, 0) is 0 Å². The van der Waals surface area contributed by atoms with E-state index in [0.717, 1.165) is 16.9 Å². The first-order valence-electron chi connectivity index (χ1n) is 9.49. The predicted molar refractivity (Wildman–Crippen MR) is 112 cm³/mol. The second-order valence-corrected chi connectivity index (χ2v) is 7.13. The topological polar surface area (TPSA) is 79.5 Å². The number of carbonyl (C=O) groups is 2. The van der Waals surface area contributed by atoms with E-state index in [2.05, 4.69) is 16.0 Å². The van der Waals surface area contributed by atoms with Crippen LogP contribution in [0.1, 0.15) is 35.3 Å². The van der Waals surface area contributed by atoms with Gasteiger partial charge >= 0.3 is 6.03 Å². The van der Waals surface area contributed by atoms with Gasteiger partial charge in [-0.3, -0.25) is 4.79 Å². The summed E-state index contributed by atoms with van der Waals surface area (Å²) >= 11 is 0. The summed E-state index contributed by atoms with van der Waals surface area (Å²) in [7, 11) is 0. The molecule has 28 heavy (non-hydrogen) atoms. The fourth-order valence-electron chi connectivity index (χ4n) is 2.62. The Hall–Kier alpha value is -3.02. The Bertz CT molecular complexity index is 781. The number of benzene rings is 2. The second kappa shape index (κ2) is 10.3. The van der Waals surface area contributed by atoms with Gasteiger partial charge in [-0.1, -0.05) is 32.0 Å². The van der Waals surface area contributed by atoms with E-state index in [-0.39, 0.29) is 11.9 Å². The van der Waals surface area contributed by atoms with Crippen molar-refractivity contribution in [3.8, 4) is 5.75 Å². The Morgan fingerprint density at radius 1 is 0.964 bits per heavy atom. The number of nitrogens with one attached hydrogen (secondary N) is 3. The molecule has 2 rings (SSSR count). The number of urea groups is 1. The minimum absolute atomic E-state index is 0.117. The van der Waals surface area contributed by atoms with Crippen molar-refractivity contribution in [1.82, 2.24) is 10.6 Å². The molecular weight excluding hydrogens is 354 g/mol. The SMILES string of the molecule is Cc1cccc(C)c1OCCNC(=O)Nc1ccc(C(=O)NCC(C)C)cc1. The maximum absolute atomic E-state index is 12.0. The van der Waals surface area contributed by atoms with Crippen LogP contribution in [0.15, 0.2) is 42.5 Å². The number of hydrogen-bond acceptors (Lipinski definition) is 3. The molecule has 2 aromatic rings. The largest absolute Gasteiger partial charge is 0.491 e. The second-order valence-electron chi connectivity index (χ2n) is 7.13. The summed E-state index contributed by atoms with van der Waals surface area (Å²) in [5, 5.41) is 8.36. The Labute approximate surface area is 166 Å². The normalized spacial score (nSPS) is 10.5. The van der Waals surface area contributed by atoms with Gasteiger partial charge in [-0.15, -0.1) is 0 Å². The van der Waals surface area contributed by atoms with Crippen LogP contribution < -0.4 is 20.7 Å². The van der Waals surface area contributed by atoms with Gasteiger partial charge in [0.15, 0.2) is 0 Å². The zero-order valence-electron chi connectivity index (χ0n) is 17.0. The molecule has 3 N–H and O–H groups in total. The molecule has 0 atom stereocenters. The van der Waals surface area contributed by atoms with Crippen LogP contribution in [0, 0.1) is 19.8 Å². The molecule has 150 valence electrons. The lowest BCUT2D eigenvalue weighted by atomic mass is 10.1. The quantitative estimate of drug-likeness (QED) is 0.605. The Kier molecular flexibility index (Phi) is 7.87. The highest BCUT2D eigenvalue weighted by molar-refractivity contribution is 5.95. The summed E-state index contributed by atoms with van der Waals surface area (Å²) < 4.78 is 5.76. The fraction of sp³-hybridized carbons (Fsp3) is 0.364. The third-order valence-corrected chi connectivity index (χ3v) is 4.12. The summed E-state index contributed by atoms with van der Waals surface area (Å²) in [4.78, 5) is 24.0. The Balaban J connectivity index is 1.75. The van der Waals surface area contributed by atoms with Crippen LogP contribution >= 0.6 is 0 Å². The van der Waals surface area contributed by atoms with Crippen molar-refractivity contribution in [2.45, 2.75) is 27.7 Å². The molecule has 2 aromatic carbocycles. The molecule has 6 heteroatoms. The molecular formula is C22H29N3O3. The van der Waals surface area contributed by atoms with Crippen molar-refractivity contribution >= 4 is 17.6 Å². The van der Waals surface area contributed by atoms with E-state index in [9.17, 15) is 9.59 Å². The molecule has 0 fully saturated rings. The molecule has 0 radical (unpaired) electrons. The summed E-state index contributed by atoms with van der Waals surface area (Å²) in [6.07, 6.45) is 0. The molecule has 0 aliphatic heterocycles. The average Bonchev–Trinajstić information content (AvgIpc) is 2.65. The van der Waals surface area contributed by atoms with Crippen LogP contribution in [0.25, 0.3) is 0 Å². The number of aryl methyl sites for hydroxylation is 2.